The SMILES string of the molecule is COc1ccc(-c2oc3c(CC=C(C)C)c(O)cc(O)c3c(=O)c2O[C@@H]2O[C@H](C)[C@@H](O)[C@H](O)[C@@H]2O[C@@H]2O[C@@H](CO)[C@H](O)[C@@H](O)[C@@H]2O)cc1. The number of aromatic hydroxyl groups is 2. The van der Waals surface area contributed by atoms with Crippen molar-refractivity contribution >= 4 is 11.0 Å². The fourth-order valence-corrected chi connectivity index (χ4v) is 5.61. The van der Waals surface area contributed by atoms with E-state index in [1.807, 2.05) is 13.8 Å². The summed E-state index contributed by atoms with van der Waals surface area (Å²) in [6, 6.07) is 7.34. The maximum Gasteiger partial charge on any atom is 0.239 e. The van der Waals surface area contributed by atoms with Crippen molar-refractivity contribution in [3.05, 3.63) is 57.8 Å². The van der Waals surface area contributed by atoms with Gasteiger partial charge in [-0.05, 0) is 51.5 Å². The van der Waals surface area contributed by atoms with Crippen LogP contribution in [0.5, 0.6) is 23.0 Å². The minimum absolute atomic E-state index is 0.115. The van der Waals surface area contributed by atoms with Gasteiger partial charge in [0, 0.05) is 17.2 Å². The smallest absolute Gasteiger partial charge is 0.239 e. The van der Waals surface area contributed by atoms with E-state index in [0.717, 1.165) is 11.6 Å². The molecule has 15 nitrogen and oxygen atoms in total. The Morgan fingerprint density at radius 2 is 1.58 bits per heavy atom. The van der Waals surface area contributed by atoms with Crippen molar-refractivity contribution in [3.63, 3.8) is 0 Å². The highest BCUT2D eigenvalue weighted by atomic mass is 16.8. The van der Waals surface area contributed by atoms with Crippen LogP contribution in [0.3, 0.4) is 0 Å². The fourth-order valence-electron chi connectivity index (χ4n) is 5.61. The van der Waals surface area contributed by atoms with Crippen molar-refractivity contribution in [2.45, 2.75) is 88.6 Å². The number of allylic oxidation sites excluding steroid dienone is 2. The van der Waals surface area contributed by atoms with E-state index < -0.39 is 84.9 Å². The Morgan fingerprint density at radius 3 is 2.21 bits per heavy atom. The zero-order valence-corrected chi connectivity index (χ0v) is 26.6. The molecule has 2 aliphatic heterocycles. The summed E-state index contributed by atoms with van der Waals surface area (Å²) < 4.78 is 34.6. The second kappa shape index (κ2) is 14.4. The van der Waals surface area contributed by atoms with E-state index >= 15 is 0 Å². The molecule has 0 aliphatic carbocycles. The first kappa shape index (κ1) is 35.5. The molecule has 8 N–H and O–H groups in total. The number of benzene rings is 2. The van der Waals surface area contributed by atoms with Crippen LogP contribution in [0.2, 0.25) is 0 Å². The summed E-state index contributed by atoms with van der Waals surface area (Å²) in [5, 5.41) is 83.7. The van der Waals surface area contributed by atoms with E-state index in [-0.39, 0.29) is 34.5 Å². The Hall–Kier alpha value is -3.77. The average molecular weight is 677 g/mol. The van der Waals surface area contributed by atoms with E-state index in [0.29, 0.717) is 11.3 Å². The topological polar surface area (TPSA) is 238 Å². The highest BCUT2D eigenvalue weighted by molar-refractivity contribution is 5.91. The molecule has 0 spiro atoms. The van der Waals surface area contributed by atoms with Gasteiger partial charge in [0.15, 0.2) is 18.2 Å². The van der Waals surface area contributed by atoms with Crippen molar-refractivity contribution in [2.24, 2.45) is 0 Å². The Kier molecular flexibility index (Phi) is 10.6. The molecule has 262 valence electrons. The van der Waals surface area contributed by atoms with Gasteiger partial charge in [-0.2, -0.15) is 0 Å². The monoisotopic (exact) mass is 676 g/mol. The Bertz CT molecular complexity index is 1680. The van der Waals surface area contributed by atoms with Crippen molar-refractivity contribution in [2.75, 3.05) is 13.7 Å². The minimum Gasteiger partial charge on any atom is -0.507 e. The lowest BCUT2D eigenvalue weighted by atomic mass is 9.97. The van der Waals surface area contributed by atoms with Crippen LogP contribution in [0.25, 0.3) is 22.3 Å². The summed E-state index contributed by atoms with van der Waals surface area (Å²) >= 11 is 0. The van der Waals surface area contributed by atoms with Gasteiger partial charge >= 0.3 is 0 Å². The molecule has 1 aromatic heterocycles. The molecule has 15 heteroatoms. The molecule has 0 unspecified atom stereocenters. The van der Waals surface area contributed by atoms with E-state index in [1.54, 1.807) is 30.3 Å². The summed E-state index contributed by atoms with van der Waals surface area (Å²) in [5.74, 6) is -1.11. The molecule has 0 bridgehead atoms. The largest absolute Gasteiger partial charge is 0.507 e. The van der Waals surface area contributed by atoms with Crippen LogP contribution in [-0.4, -0.2) is 116 Å². The summed E-state index contributed by atoms with van der Waals surface area (Å²) in [5.41, 5.74) is 0.434. The zero-order chi connectivity index (χ0) is 35.0. The molecular formula is C33H40O15. The predicted molar refractivity (Wildman–Crippen MR) is 167 cm³/mol. The van der Waals surface area contributed by atoms with E-state index in [4.69, 9.17) is 28.1 Å². The number of hydrogen-bond donors (Lipinski definition) is 8. The Morgan fingerprint density at radius 1 is 0.896 bits per heavy atom. The fraction of sp³-hybridized carbons (Fsp3) is 0.485. The van der Waals surface area contributed by atoms with Crippen LogP contribution in [0, 0.1) is 0 Å². The van der Waals surface area contributed by atoms with Crippen LogP contribution in [0.4, 0.5) is 0 Å². The number of aliphatic hydroxyl groups excluding tert-OH is 6. The molecule has 0 radical (unpaired) electrons. The van der Waals surface area contributed by atoms with Gasteiger partial charge in [-0.1, -0.05) is 11.6 Å². The number of phenols is 2. The van der Waals surface area contributed by atoms with E-state index in [9.17, 15) is 45.6 Å². The van der Waals surface area contributed by atoms with Crippen LogP contribution >= 0.6 is 0 Å². The maximum absolute atomic E-state index is 14.3. The van der Waals surface area contributed by atoms with Crippen molar-refractivity contribution < 1.29 is 69.0 Å². The van der Waals surface area contributed by atoms with Gasteiger partial charge in [0.1, 0.15) is 64.8 Å². The molecule has 2 fully saturated rings. The number of hydrogen-bond acceptors (Lipinski definition) is 15. The first-order valence-corrected chi connectivity index (χ1v) is 15.2. The normalized spacial score (nSPS) is 30.6. The number of methoxy groups -OCH3 is 1. The second-order valence-corrected chi connectivity index (χ2v) is 12.0. The molecule has 0 saturated carbocycles. The van der Waals surface area contributed by atoms with Gasteiger partial charge in [-0.25, -0.2) is 0 Å². The first-order valence-electron chi connectivity index (χ1n) is 15.2. The molecule has 48 heavy (non-hydrogen) atoms. The highest BCUT2D eigenvalue weighted by Crippen LogP contribution is 2.41. The lowest BCUT2D eigenvalue weighted by molar-refractivity contribution is -0.355. The van der Waals surface area contributed by atoms with Crippen molar-refractivity contribution in [1.29, 1.82) is 0 Å². The molecule has 0 amide bonds. The quantitative estimate of drug-likeness (QED) is 0.143. The van der Waals surface area contributed by atoms with Crippen LogP contribution < -0.4 is 14.9 Å². The molecular weight excluding hydrogens is 636 g/mol. The van der Waals surface area contributed by atoms with Crippen LogP contribution in [-0.2, 0) is 20.6 Å². The van der Waals surface area contributed by atoms with Gasteiger partial charge in [0.25, 0.3) is 0 Å². The van der Waals surface area contributed by atoms with Crippen LogP contribution in [0.1, 0.15) is 26.3 Å². The second-order valence-electron chi connectivity index (χ2n) is 12.0. The lowest BCUT2D eigenvalue weighted by Crippen LogP contribution is -2.64. The molecule has 3 heterocycles. The van der Waals surface area contributed by atoms with Crippen LogP contribution in [0.15, 0.2) is 51.2 Å². The summed E-state index contributed by atoms with van der Waals surface area (Å²) in [6.45, 7) is 4.37. The van der Waals surface area contributed by atoms with E-state index in [1.165, 1.54) is 14.0 Å². The predicted octanol–water partition coefficient (Wildman–Crippen LogP) is 0.419. The summed E-state index contributed by atoms with van der Waals surface area (Å²) in [6.07, 6.45) is -14.4. The standard InChI is InChI=1S/C33H40O15/c1-13(2)5-10-17-18(35)11-19(36)21-24(39)30(28(46-29(17)21)15-6-8-16(43-4)9-7-15)47-33-31(26(41)22(37)14(3)44-33)48-32-27(42)25(40)23(38)20(12-34)45-32/h5-9,11,14,20,22-23,25-27,31-38,40-42H,10,12H2,1-4H3/t14-,20+,22-,23+,25-,26+,27+,31+,32+,33+/m1/s1. The third kappa shape index (κ3) is 6.74. The van der Waals surface area contributed by atoms with Gasteiger partial charge in [0.05, 0.1) is 19.8 Å². The van der Waals surface area contributed by atoms with Gasteiger partial charge in [-0.15, -0.1) is 0 Å². The third-order valence-electron chi connectivity index (χ3n) is 8.41. The first-order chi connectivity index (χ1) is 22.8. The number of phenolic OH excluding ortho intramolecular Hbond substituents is 2. The molecule has 2 saturated heterocycles. The Labute approximate surface area is 274 Å². The third-order valence-corrected chi connectivity index (χ3v) is 8.41. The van der Waals surface area contributed by atoms with Crippen molar-refractivity contribution in [3.8, 4) is 34.3 Å². The molecule has 2 aromatic carbocycles. The van der Waals surface area contributed by atoms with Gasteiger partial charge < -0.3 is 69.0 Å². The molecule has 3 aromatic rings. The summed E-state index contributed by atoms with van der Waals surface area (Å²) in [7, 11) is 1.47. The molecule has 2 aliphatic rings. The number of fused-ring (bicyclic) bond motifs is 1. The highest BCUT2D eigenvalue weighted by Gasteiger charge is 2.51. The van der Waals surface area contributed by atoms with E-state index in [2.05, 4.69) is 0 Å². The number of rotatable bonds is 9. The Balaban J connectivity index is 1.65. The minimum atomic E-state index is -1.88. The number of ether oxygens (including phenoxy) is 5. The molecule has 5 rings (SSSR count). The average Bonchev–Trinajstić information content (AvgIpc) is 3.05. The number of aliphatic hydroxyl groups is 6. The van der Waals surface area contributed by atoms with Gasteiger partial charge in [0.2, 0.25) is 17.5 Å². The lowest BCUT2D eigenvalue weighted by Gasteiger charge is -2.45. The maximum atomic E-state index is 14.3. The molecule has 10 atom stereocenters. The zero-order valence-electron chi connectivity index (χ0n) is 26.6. The van der Waals surface area contributed by atoms with Crippen molar-refractivity contribution in [1.82, 2.24) is 0 Å². The van der Waals surface area contributed by atoms with Gasteiger partial charge in [-0.3, -0.25) is 4.79 Å². The summed E-state index contributed by atoms with van der Waals surface area (Å²) in [4.78, 5) is 14.3.